The van der Waals surface area contributed by atoms with E-state index in [1.807, 2.05) is 18.2 Å². The molecule has 0 aromatic heterocycles. The molecule has 7 heteroatoms. The zero-order valence-corrected chi connectivity index (χ0v) is 11.5. The molecule has 1 N–H and O–H groups in total. The van der Waals surface area contributed by atoms with Crippen LogP contribution in [0.2, 0.25) is 0 Å². The molecule has 1 heterocycles. The molecule has 1 fully saturated rings. The maximum Gasteiger partial charge on any atom is 0.250 e. The lowest BCUT2D eigenvalue weighted by Crippen LogP contribution is -2.37. The topological polar surface area (TPSA) is 90.9 Å². The second-order valence-corrected chi connectivity index (χ2v) is 4.53. The van der Waals surface area contributed by atoms with E-state index < -0.39 is 18.5 Å². The van der Waals surface area contributed by atoms with Gasteiger partial charge in [0.15, 0.2) is 0 Å². The Balaban J connectivity index is 1.96. The molecule has 0 spiro atoms. The van der Waals surface area contributed by atoms with Crippen LogP contribution < -0.4 is 15.3 Å². The van der Waals surface area contributed by atoms with Crippen molar-refractivity contribution >= 4 is 23.3 Å². The van der Waals surface area contributed by atoms with Gasteiger partial charge in [0.2, 0.25) is 5.91 Å². The maximum atomic E-state index is 11.7. The molecular formula is C14H17N2O5-. The van der Waals surface area contributed by atoms with Gasteiger partial charge in [-0.3, -0.25) is 4.79 Å². The molecule has 1 aromatic carbocycles. The Labute approximate surface area is 122 Å². The molecule has 0 atom stereocenters. The van der Waals surface area contributed by atoms with Gasteiger partial charge in [0.25, 0.3) is 0 Å². The molecule has 1 aliphatic heterocycles. The molecule has 2 rings (SSSR count). The van der Waals surface area contributed by atoms with E-state index in [4.69, 9.17) is 9.47 Å². The Bertz CT molecular complexity index is 500. The van der Waals surface area contributed by atoms with Gasteiger partial charge in [-0.05, 0) is 12.1 Å². The Hall–Kier alpha value is -2.12. The number of benzene rings is 1. The van der Waals surface area contributed by atoms with E-state index in [1.54, 1.807) is 6.07 Å². The van der Waals surface area contributed by atoms with Gasteiger partial charge in [-0.2, -0.15) is 0 Å². The van der Waals surface area contributed by atoms with Crippen LogP contribution in [0.1, 0.15) is 0 Å². The summed E-state index contributed by atoms with van der Waals surface area (Å²) in [4.78, 5) is 24.1. The van der Waals surface area contributed by atoms with Crippen LogP contribution >= 0.6 is 0 Å². The summed E-state index contributed by atoms with van der Waals surface area (Å²) in [5.74, 6) is -1.76. The van der Waals surface area contributed by atoms with Crippen LogP contribution in [0, 0.1) is 0 Å². The summed E-state index contributed by atoms with van der Waals surface area (Å²) in [6.45, 7) is 1.89. The molecule has 0 bridgehead atoms. The quantitative estimate of drug-likeness (QED) is 0.740. The van der Waals surface area contributed by atoms with E-state index in [9.17, 15) is 14.7 Å². The van der Waals surface area contributed by atoms with E-state index in [1.165, 1.54) is 0 Å². The largest absolute Gasteiger partial charge is 0.548 e. The Morgan fingerprint density at radius 3 is 2.67 bits per heavy atom. The normalized spacial score (nSPS) is 14.8. The van der Waals surface area contributed by atoms with Gasteiger partial charge < -0.3 is 29.6 Å². The summed E-state index contributed by atoms with van der Waals surface area (Å²) in [7, 11) is 0. The monoisotopic (exact) mass is 293 g/mol. The minimum atomic E-state index is -1.35. The Kier molecular flexibility index (Phi) is 5.53. The summed E-state index contributed by atoms with van der Waals surface area (Å²) >= 11 is 0. The number of nitrogens with one attached hydrogen (secondary N) is 1. The van der Waals surface area contributed by atoms with E-state index in [0.717, 1.165) is 18.8 Å². The number of hydrogen-bond acceptors (Lipinski definition) is 6. The highest BCUT2D eigenvalue weighted by molar-refractivity contribution is 5.95. The molecule has 114 valence electrons. The van der Waals surface area contributed by atoms with Crippen LogP contribution in [0.5, 0.6) is 0 Å². The lowest BCUT2D eigenvalue weighted by Gasteiger charge is -2.30. The van der Waals surface area contributed by atoms with Crippen molar-refractivity contribution in [1.82, 2.24) is 0 Å². The van der Waals surface area contributed by atoms with Gasteiger partial charge in [0, 0.05) is 13.1 Å². The number of aliphatic carboxylic acids is 1. The zero-order chi connectivity index (χ0) is 15.1. The number of carboxylic acids is 1. The second-order valence-electron chi connectivity index (χ2n) is 4.53. The Morgan fingerprint density at radius 1 is 1.24 bits per heavy atom. The minimum absolute atomic E-state index is 0.328. The molecule has 1 aliphatic rings. The van der Waals surface area contributed by atoms with Crippen molar-refractivity contribution in [3.05, 3.63) is 24.3 Å². The highest BCUT2D eigenvalue weighted by Gasteiger charge is 2.15. The number of amides is 1. The number of rotatable bonds is 6. The van der Waals surface area contributed by atoms with Crippen LogP contribution in [0.3, 0.4) is 0 Å². The first-order valence-electron chi connectivity index (χ1n) is 6.66. The molecule has 0 unspecified atom stereocenters. The van der Waals surface area contributed by atoms with E-state index in [-0.39, 0.29) is 6.61 Å². The standard InChI is InChI=1S/C14H18N2O5/c17-13(9-21-10-14(18)19)15-11-3-1-2-4-12(11)16-5-7-20-8-6-16/h1-4H,5-10H2,(H,15,17)(H,18,19)/p-1. The SMILES string of the molecule is O=C([O-])COCC(=O)Nc1ccccc1N1CCOCC1. The number of hydrogen-bond donors (Lipinski definition) is 1. The van der Waals surface area contributed by atoms with Crippen LogP contribution in [0.15, 0.2) is 24.3 Å². The molecule has 0 aliphatic carbocycles. The van der Waals surface area contributed by atoms with Gasteiger partial charge in [-0.25, -0.2) is 0 Å². The first-order valence-corrected chi connectivity index (χ1v) is 6.66. The third kappa shape index (κ3) is 4.73. The molecule has 1 aromatic rings. The van der Waals surface area contributed by atoms with Gasteiger partial charge in [0.05, 0.1) is 37.2 Å². The number of nitrogens with zero attached hydrogens (tertiary/aromatic N) is 1. The number of anilines is 2. The lowest BCUT2D eigenvalue weighted by molar-refractivity contribution is -0.309. The molecule has 1 saturated heterocycles. The zero-order valence-electron chi connectivity index (χ0n) is 11.5. The average Bonchev–Trinajstić information content (AvgIpc) is 2.48. The fourth-order valence-corrected chi connectivity index (χ4v) is 2.07. The number of ether oxygens (including phenoxy) is 2. The Morgan fingerprint density at radius 2 is 1.95 bits per heavy atom. The summed E-state index contributed by atoms with van der Waals surface area (Å²) in [5.41, 5.74) is 1.58. The highest BCUT2D eigenvalue weighted by Crippen LogP contribution is 2.26. The van der Waals surface area contributed by atoms with Crippen molar-refractivity contribution in [3.8, 4) is 0 Å². The number of carbonyl (C=O) groups excluding carboxylic acids is 2. The fourth-order valence-electron chi connectivity index (χ4n) is 2.07. The lowest BCUT2D eigenvalue weighted by atomic mass is 10.2. The number of morpholine rings is 1. The van der Waals surface area contributed by atoms with Gasteiger partial charge >= 0.3 is 0 Å². The maximum absolute atomic E-state index is 11.7. The van der Waals surface area contributed by atoms with Crippen LogP contribution in [-0.4, -0.2) is 51.4 Å². The van der Waals surface area contributed by atoms with E-state index >= 15 is 0 Å². The van der Waals surface area contributed by atoms with Crippen molar-refractivity contribution < 1.29 is 24.2 Å². The summed E-state index contributed by atoms with van der Waals surface area (Å²) < 4.78 is 10.0. The average molecular weight is 293 g/mol. The van der Waals surface area contributed by atoms with Gasteiger partial charge in [0.1, 0.15) is 6.61 Å². The van der Waals surface area contributed by atoms with E-state index in [2.05, 4.69) is 10.2 Å². The number of para-hydroxylation sites is 2. The van der Waals surface area contributed by atoms with Crippen molar-refractivity contribution in [3.63, 3.8) is 0 Å². The summed E-state index contributed by atoms with van der Waals surface area (Å²) in [5, 5.41) is 12.9. The minimum Gasteiger partial charge on any atom is -0.548 e. The molecule has 1 amide bonds. The first-order chi connectivity index (χ1) is 10.2. The smallest absolute Gasteiger partial charge is 0.250 e. The third-order valence-corrected chi connectivity index (χ3v) is 2.98. The molecule has 0 saturated carbocycles. The van der Waals surface area contributed by atoms with Gasteiger partial charge in [-0.15, -0.1) is 0 Å². The third-order valence-electron chi connectivity index (χ3n) is 2.98. The van der Waals surface area contributed by atoms with Gasteiger partial charge in [-0.1, -0.05) is 12.1 Å². The fraction of sp³-hybridized carbons (Fsp3) is 0.429. The van der Waals surface area contributed by atoms with Crippen molar-refractivity contribution in [1.29, 1.82) is 0 Å². The number of carbonyl (C=O) groups is 2. The number of carboxylic acid groups (broad SMARTS) is 1. The molecule has 21 heavy (non-hydrogen) atoms. The summed E-state index contributed by atoms with van der Waals surface area (Å²) in [6, 6.07) is 7.43. The van der Waals surface area contributed by atoms with Crippen LogP contribution in [-0.2, 0) is 19.1 Å². The highest BCUT2D eigenvalue weighted by atomic mass is 16.5. The first kappa shape index (κ1) is 15.3. The van der Waals surface area contributed by atoms with Crippen LogP contribution in [0.25, 0.3) is 0 Å². The molecule has 0 radical (unpaired) electrons. The van der Waals surface area contributed by atoms with Crippen molar-refractivity contribution in [2.75, 3.05) is 49.7 Å². The summed E-state index contributed by atoms with van der Waals surface area (Å²) in [6.07, 6.45) is 0. The van der Waals surface area contributed by atoms with Crippen LogP contribution in [0.4, 0.5) is 11.4 Å². The van der Waals surface area contributed by atoms with E-state index in [0.29, 0.717) is 18.9 Å². The van der Waals surface area contributed by atoms with Crippen molar-refractivity contribution in [2.24, 2.45) is 0 Å². The van der Waals surface area contributed by atoms with Crippen molar-refractivity contribution in [2.45, 2.75) is 0 Å². The predicted octanol–water partition coefficient (Wildman–Crippen LogP) is -0.772. The predicted molar refractivity (Wildman–Crippen MR) is 73.9 cm³/mol. The second kappa shape index (κ2) is 7.61. The molecule has 7 nitrogen and oxygen atoms in total. The molecular weight excluding hydrogens is 276 g/mol.